The third-order valence-corrected chi connectivity index (χ3v) is 3.58. The molecule has 2 rings (SSSR count). The van der Waals surface area contributed by atoms with Crippen LogP contribution in [-0.2, 0) is 9.59 Å². The van der Waals surface area contributed by atoms with E-state index in [1.807, 2.05) is 26.0 Å². The molecule has 0 aliphatic carbocycles. The summed E-state index contributed by atoms with van der Waals surface area (Å²) in [6.07, 6.45) is 0. The highest BCUT2D eigenvalue weighted by Gasteiger charge is 2.25. The molecule has 2 amide bonds. The van der Waals surface area contributed by atoms with Gasteiger partial charge in [0.1, 0.15) is 6.04 Å². The normalized spacial score (nSPS) is 20.1. The van der Waals surface area contributed by atoms with Crippen LogP contribution in [0.1, 0.15) is 29.7 Å². The van der Waals surface area contributed by atoms with E-state index in [1.165, 1.54) is 11.1 Å². The highest BCUT2D eigenvalue weighted by Crippen LogP contribution is 2.18. The Hall–Kier alpha value is -1.88. The summed E-state index contributed by atoms with van der Waals surface area (Å²) >= 11 is 0. The Morgan fingerprint density at radius 2 is 2.15 bits per heavy atom. The first-order chi connectivity index (χ1) is 9.47. The maximum absolute atomic E-state index is 12.1. The molecule has 3 N–H and O–H groups in total. The highest BCUT2D eigenvalue weighted by atomic mass is 16.2. The lowest BCUT2D eigenvalue weighted by Crippen LogP contribution is -2.58. The van der Waals surface area contributed by atoms with Crippen LogP contribution in [0.25, 0.3) is 0 Å². The van der Waals surface area contributed by atoms with E-state index in [2.05, 4.69) is 28.9 Å². The number of carbonyl (C=O) groups is 2. The molecule has 0 spiro atoms. The van der Waals surface area contributed by atoms with E-state index in [-0.39, 0.29) is 30.4 Å². The molecular formula is C15H21N3O2. The van der Waals surface area contributed by atoms with Crippen molar-refractivity contribution >= 4 is 11.8 Å². The van der Waals surface area contributed by atoms with Crippen molar-refractivity contribution in [2.75, 3.05) is 13.1 Å². The molecule has 1 aliphatic rings. The van der Waals surface area contributed by atoms with Crippen molar-refractivity contribution in [3.05, 3.63) is 34.9 Å². The molecule has 1 fully saturated rings. The predicted molar refractivity (Wildman–Crippen MR) is 77.3 cm³/mol. The van der Waals surface area contributed by atoms with Crippen LogP contribution in [0, 0.1) is 13.8 Å². The molecule has 108 valence electrons. The average molecular weight is 275 g/mol. The van der Waals surface area contributed by atoms with Gasteiger partial charge < -0.3 is 10.6 Å². The monoisotopic (exact) mass is 275 g/mol. The Balaban J connectivity index is 1.98. The Bertz CT molecular complexity index is 518. The molecule has 5 nitrogen and oxygen atoms in total. The van der Waals surface area contributed by atoms with E-state index in [0.29, 0.717) is 6.54 Å². The van der Waals surface area contributed by atoms with E-state index in [0.717, 1.165) is 5.56 Å². The van der Waals surface area contributed by atoms with Crippen molar-refractivity contribution in [1.29, 1.82) is 0 Å². The van der Waals surface area contributed by atoms with Gasteiger partial charge in [-0.25, -0.2) is 0 Å². The second kappa shape index (κ2) is 6.05. The van der Waals surface area contributed by atoms with Crippen LogP contribution in [0.2, 0.25) is 0 Å². The molecule has 0 radical (unpaired) electrons. The number of benzene rings is 1. The quantitative estimate of drug-likeness (QED) is 0.755. The van der Waals surface area contributed by atoms with Crippen LogP contribution in [0.5, 0.6) is 0 Å². The van der Waals surface area contributed by atoms with Gasteiger partial charge in [0.25, 0.3) is 0 Å². The van der Waals surface area contributed by atoms with Crippen LogP contribution in [-0.4, -0.2) is 30.9 Å². The zero-order valence-electron chi connectivity index (χ0n) is 12.1. The predicted octanol–water partition coefficient (Wildman–Crippen LogP) is 0.569. The number of aryl methyl sites for hydroxylation is 2. The molecule has 1 saturated heterocycles. The Kier molecular flexibility index (Phi) is 4.39. The first kappa shape index (κ1) is 14.5. The molecule has 0 aromatic heterocycles. The number of hydrogen-bond donors (Lipinski definition) is 3. The molecule has 1 aromatic carbocycles. The average Bonchev–Trinajstić information content (AvgIpc) is 2.39. The van der Waals surface area contributed by atoms with Gasteiger partial charge in [-0.15, -0.1) is 0 Å². The van der Waals surface area contributed by atoms with Crippen LogP contribution in [0.4, 0.5) is 0 Å². The van der Waals surface area contributed by atoms with E-state index < -0.39 is 0 Å². The first-order valence-corrected chi connectivity index (χ1v) is 6.85. The van der Waals surface area contributed by atoms with E-state index >= 15 is 0 Å². The zero-order chi connectivity index (χ0) is 14.7. The van der Waals surface area contributed by atoms with Gasteiger partial charge in [-0.3, -0.25) is 14.9 Å². The molecule has 0 saturated carbocycles. The summed E-state index contributed by atoms with van der Waals surface area (Å²) in [5, 5.41) is 8.60. The summed E-state index contributed by atoms with van der Waals surface area (Å²) in [6, 6.07) is 5.79. The smallest absolute Gasteiger partial charge is 0.239 e. The van der Waals surface area contributed by atoms with Crippen molar-refractivity contribution < 1.29 is 9.59 Å². The Labute approximate surface area is 119 Å². The molecule has 20 heavy (non-hydrogen) atoms. The highest BCUT2D eigenvalue weighted by molar-refractivity contribution is 5.87. The van der Waals surface area contributed by atoms with Crippen molar-refractivity contribution in [1.82, 2.24) is 16.0 Å². The van der Waals surface area contributed by atoms with Crippen molar-refractivity contribution in [2.45, 2.75) is 32.9 Å². The van der Waals surface area contributed by atoms with Crippen molar-refractivity contribution in [3.63, 3.8) is 0 Å². The lowest BCUT2D eigenvalue weighted by atomic mass is 10.00. The SMILES string of the molecule is Cc1ccc(C(C)NC(=O)C2CNC(=O)CN2)c(C)c1. The van der Waals surface area contributed by atoms with Gasteiger partial charge in [-0.05, 0) is 31.9 Å². The Morgan fingerprint density at radius 1 is 1.40 bits per heavy atom. The fraction of sp³-hybridized carbons (Fsp3) is 0.467. The summed E-state index contributed by atoms with van der Waals surface area (Å²) in [4.78, 5) is 23.2. The lowest BCUT2D eigenvalue weighted by molar-refractivity contribution is -0.127. The molecule has 5 heteroatoms. The third kappa shape index (κ3) is 3.36. The number of amides is 2. The number of nitrogens with one attached hydrogen (secondary N) is 3. The maximum atomic E-state index is 12.1. The number of piperazine rings is 1. The van der Waals surface area contributed by atoms with Crippen LogP contribution in [0.15, 0.2) is 18.2 Å². The van der Waals surface area contributed by atoms with E-state index in [9.17, 15) is 9.59 Å². The fourth-order valence-corrected chi connectivity index (χ4v) is 2.46. The maximum Gasteiger partial charge on any atom is 0.239 e. The minimum atomic E-state index is -0.360. The molecule has 1 aliphatic heterocycles. The minimum absolute atomic E-state index is 0.0532. The van der Waals surface area contributed by atoms with Gasteiger partial charge in [0.2, 0.25) is 11.8 Å². The van der Waals surface area contributed by atoms with Crippen LogP contribution >= 0.6 is 0 Å². The van der Waals surface area contributed by atoms with Gasteiger partial charge >= 0.3 is 0 Å². The first-order valence-electron chi connectivity index (χ1n) is 6.85. The molecule has 0 bridgehead atoms. The van der Waals surface area contributed by atoms with Gasteiger partial charge in [-0.1, -0.05) is 23.8 Å². The number of carbonyl (C=O) groups excluding carboxylic acids is 2. The van der Waals surface area contributed by atoms with E-state index in [1.54, 1.807) is 0 Å². The zero-order valence-corrected chi connectivity index (χ0v) is 12.1. The minimum Gasteiger partial charge on any atom is -0.353 e. The second-order valence-electron chi connectivity index (χ2n) is 5.33. The summed E-state index contributed by atoms with van der Waals surface area (Å²) < 4.78 is 0. The molecule has 1 aromatic rings. The van der Waals surface area contributed by atoms with Gasteiger partial charge in [-0.2, -0.15) is 0 Å². The molecule has 2 unspecified atom stereocenters. The summed E-state index contributed by atoms with van der Waals surface area (Å²) in [5.74, 6) is -0.158. The third-order valence-electron chi connectivity index (χ3n) is 3.58. The van der Waals surface area contributed by atoms with Crippen molar-refractivity contribution in [2.24, 2.45) is 0 Å². The van der Waals surface area contributed by atoms with Gasteiger partial charge in [0, 0.05) is 6.54 Å². The summed E-state index contributed by atoms with van der Waals surface area (Å²) in [7, 11) is 0. The fourth-order valence-electron chi connectivity index (χ4n) is 2.46. The summed E-state index contributed by atoms with van der Waals surface area (Å²) in [6.45, 7) is 6.59. The van der Waals surface area contributed by atoms with Gasteiger partial charge in [0.05, 0.1) is 12.6 Å². The topological polar surface area (TPSA) is 70.2 Å². The van der Waals surface area contributed by atoms with Crippen LogP contribution in [0.3, 0.4) is 0 Å². The van der Waals surface area contributed by atoms with Gasteiger partial charge in [0.15, 0.2) is 0 Å². The van der Waals surface area contributed by atoms with Crippen molar-refractivity contribution in [3.8, 4) is 0 Å². The largest absolute Gasteiger partial charge is 0.353 e. The van der Waals surface area contributed by atoms with E-state index in [4.69, 9.17) is 0 Å². The Morgan fingerprint density at radius 3 is 2.75 bits per heavy atom. The lowest BCUT2D eigenvalue weighted by Gasteiger charge is -2.25. The summed E-state index contributed by atoms with van der Waals surface area (Å²) in [5.41, 5.74) is 3.49. The second-order valence-corrected chi connectivity index (χ2v) is 5.33. The standard InChI is InChI=1S/C15H21N3O2/c1-9-4-5-12(10(2)6-9)11(3)18-15(20)13-7-17-14(19)8-16-13/h4-6,11,13,16H,7-8H2,1-3H3,(H,17,19)(H,18,20). The molecule has 1 heterocycles. The molecule has 2 atom stereocenters. The molecular weight excluding hydrogens is 254 g/mol. The van der Waals surface area contributed by atoms with Crippen LogP contribution < -0.4 is 16.0 Å². The number of hydrogen-bond acceptors (Lipinski definition) is 3. The number of rotatable bonds is 3.